The van der Waals surface area contributed by atoms with Gasteiger partial charge in [-0.1, -0.05) is 18.2 Å². The van der Waals surface area contributed by atoms with Crippen LogP contribution in [0.1, 0.15) is 33.0 Å². The fourth-order valence-electron chi connectivity index (χ4n) is 4.45. The number of carbonyl (C=O) groups is 2. The first-order valence-corrected chi connectivity index (χ1v) is 14.1. The highest BCUT2D eigenvalue weighted by Gasteiger charge is 2.32. The number of carboxylic acid groups (broad SMARTS) is 1. The van der Waals surface area contributed by atoms with Gasteiger partial charge in [0.2, 0.25) is 10.0 Å². The molecule has 2 amide bonds. The van der Waals surface area contributed by atoms with E-state index in [4.69, 9.17) is 9.88 Å². The van der Waals surface area contributed by atoms with Crippen molar-refractivity contribution < 1.29 is 38.1 Å². The summed E-state index contributed by atoms with van der Waals surface area (Å²) < 4.78 is 29.4. The summed E-state index contributed by atoms with van der Waals surface area (Å²) in [6.45, 7) is 0. The monoisotopic (exact) mass is 673 g/mol. The molecule has 0 atom stereocenters. The Morgan fingerprint density at radius 3 is 1.98 bits per heavy atom. The molecule has 5 rings (SSSR count). The van der Waals surface area contributed by atoms with Gasteiger partial charge in [-0.3, -0.25) is 0 Å². The van der Waals surface area contributed by atoms with Gasteiger partial charge >= 0.3 is 12.0 Å². The van der Waals surface area contributed by atoms with Crippen molar-refractivity contribution >= 4 is 56.0 Å². The minimum absolute atomic E-state index is 0.0425. The van der Waals surface area contributed by atoms with Gasteiger partial charge in [-0.2, -0.15) is 0 Å². The molecule has 0 saturated carbocycles. The number of benzene rings is 4. The summed E-state index contributed by atoms with van der Waals surface area (Å²) in [5.74, 6) is -1.32. The lowest BCUT2D eigenvalue weighted by atomic mass is 9.80. The zero-order chi connectivity index (χ0) is 28.8. The van der Waals surface area contributed by atoms with Crippen molar-refractivity contribution in [3.8, 4) is 23.0 Å². The van der Waals surface area contributed by atoms with Crippen LogP contribution in [0, 0.1) is 3.57 Å². The molecule has 0 bridgehead atoms. The smallest absolute Gasteiger partial charge is 0.336 e. The average molecular weight is 673 g/mol. The summed E-state index contributed by atoms with van der Waals surface area (Å²) in [6.07, 6.45) is 0. The van der Waals surface area contributed by atoms with Gasteiger partial charge in [-0.05, 0) is 70.6 Å². The topological polar surface area (TPSA) is 188 Å². The van der Waals surface area contributed by atoms with Gasteiger partial charge in [0.25, 0.3) is 0 Å². The molecule has 40 heavy (non-hydrogen) atoms. The van der Waals surface area contributed by atoms with E-state index in [0.717, 1.165) is 0 Å². The van der Waals surface area contributed by atoms with Crippen molar-refractivity contribution in [2.24, 2.45) is 5.14 Å². The summed E-state index contributed by atoms with van der Waals surface area (Å²) in [5.41, 5.74) is 2.04. The predicted molar refractivity (Wildman–Crippen MR) is 154 cm³/mol. The Hall–Kier alpha value is -4.34. The predicted octanol–water partition coefficient (Wildman–Crippen LogP) is 4.98. The number of halogens is 1. The number of hydrogen-bond acceptors (Lipinski definition) is 7. The number of nitrogens with two attached hydrogens (primary N) is 1. The summed E-state index contributed by atoms with van der Waals surface area (Å²) in [7, 11) is -3.91. The molecular weight excluding hydrogens is 653 g/mol. The van der Waals surface area contributed by atoms with E-state index in [1.165, 1.54) is 48.5 Å². The van der Waals surface area contributed by atoms with Crippen LogP contribution in [0.4, 0.5) is 16.2 Å². The van der Waals surface area contributed by atoms with Crippen LogP contribution in [0.2, 0.25) is 0 Å². The molecule has 0 fully saturated rings. The fraction of sp³-hybridized carbons (Fsp3) is 0.0370. The standard InChI is InChI=1S/C27H20IN3O8S/c28-21-12-16(40(29,37)38)4-8-22(21)31-27(36)30-13-1-5-17(20(9-13)26(34)35)25-18-6-2-14(32)10-23(18)39-24-11-15(33)3-7-19(24)25/h1-12,25,32-33H,(H,34,35)(H2,29,37,38)(H2,30,31,36). The zero-order valence-electron chi connectivity index (χ0n) is 20.3. The number of nitrogens with one attached hydrogen (secondary N) is 2. The number of sulfonamides is 1. The first kappa shape index (κ1) is 27.2. The van der Waals surface area contributed by atoms with Gasteiger partial charge in [0.05, 0.1) is 16.1 Å². The summed E-state index contributed by atoms with van der Waals surface area (Å²) in [6, 6.07) is 16.8. The maximum Gasteiger partial charge on any atom is 0.336 e. The first-order chi connectivity index (χ1) is 18.9. The summed E-state index contributed by atoms with van der Waals surface area (Å²) >= 11 is 1.86. The van der Waals surface area contributed by atoms with Crippen LogP contribution in [0.25, 0.3) is 0 Å². The second kappa shape index (κ2) is 10.3. The fourth-order valence-corrected chi connectivity index (χ4v) is 5.85. The molecule has 1 aliphatic rings. The van der Waals surface area contributed by atoms with E-state index in [1.807, 2.05) is 22.6 Å². The number of phenolic OH excluding ortho intramolecular Hbond substituents is 2. The van der Waals surface area contributed by atoms with E-state index in [0.29, 0.717) is 37.4 Å². The van der Waals surface area contributed by atoms with E-state index < -0.39 is 27.9 Å². The lowest BCUT2D eigenvalue weighted by Gasteiger charge is -2.29. The third kappa shape index (κ3) is 5.38. The second-order valence-electron chi connectivity index (χ2n) is 8.85. The number of primary sulfonamides is 1. The molecule has 13 heteroatoms. The van der Waals surface area contributed by atoms with Crippen LogP contribution in [0.5, 0.6) is 23.0 Å². The van der Waals surface area contributed by atoms with Crippen molar-refractivity contribution in [1.82, 2.24) is 0 Å². The number of aromatic carboxylic acids is 1. The normalized spacial score (nSPS) is 12.6. The molecule has 11 nitrogen and oxygen atoms in total. The largest absolute Gasteiger partial charge is 0.508 e. The Morgan fingerprint density at radius 1 is 0.825 bits per heavy atom. The highest BCUT2D eigenvalue weighted by atomic mass is 127. The number of aromatic hydroxyl groups is 2. The van der Waals surface area contributed by atoms with Crippen LogP contribution in [-0.4, -0.2) is 35.7 Å². The minimum atomic E-state index is -3.91. The van der Waals surface area contributed by atoms with E-state index in [9.17, 15) is 33.3 Å². The maximum atomic E-state index is 12.7. The second-order valence-corrected chi connectivity index (χ2v) is 11.6. The zero-order valence-corrected chi connectivity index (χ0v) is 23.2. The van der Waals surface area contributed by atoms with Crippen molar-refractivity contribution in [3.63, 3.8) is 0 Å². The summed E-state index contributed by atoms with van der Waals surface area (Å²) in [5, 5.41) is 40.4. The molecule has 7 N–H and O–H groups in total. The van der Waals surface area contributed by atoms with Gasteiger partial charge in [0.15, 0.2) is 0 Å². The van der Waals surface area contributed by atoms with Crippen molar-refractivity contribution in [2.45, 2.75) is 10.8 Å². The highest BCUT2D eigenvalue weighted by Crippen LogP contribution is 2.49. The number of urea groups is 1. The number of rotatable bonds is 5. The third-order valence-electron chi connectivity index (χ3n) is 6.21. The van der Waals surface area contributed by atoms with Crippen LogP contribution in [0.15, 0.2) is 77.7 Å². The number of carboxylic acids is 1. The number of ether oxygens (including phenoxy) is 1. The first-order valence-electron chi connectivity index (χ1n) is 11.5. The Bertz CT molecular complexity index is 1760. The van der Waals surface area contributed by atoms with E-state index in [1.54, 1.807) is 24.3 Å². The lowest BCUT2D eigenvalue weighted by molar-refractivity contribution is 0.0695. The lowest BCUT2D eigenvalue weighted by Crippen LogP contribution is -2.21. The molecule has 4 aromatic rings. The van der Waals surface area contributed by atoms with Gasteiger partial charge in [-0.15, -0.1) is 0 Å². The van der Waals surface area contributed by atoms with E-state index >= 15 is 0 Å². The Morgan fingerprint density at radius 2 is 1.43 bits per heavy atom. The van der Waals surface area contributed by atoms with Gasteiger partial charge in [0.1, 0.15) is 23.0 Å². The number of carbonyl (C=O) groups excluding carboxylic acids is 1. The molecule has 1 aliphatic heterocycles. The van der Waals surface area contributed by atoms with Crippen molar-refractivity contribution in [2.75, 3.05) is 10.6 Å². The number of phenols is 2. The average Bonchev–Trinajstić information content (AvgIpc) is 2.87. The van der Waals surface area contributed by atoms with Crippen LogP contribution in [0.3, 0.4) is 0 Å². The van der Waals surface area contributed by atoms with Crippen LogP contribution in [-0.2, 0) is 10.0 Å². The Labute approximate surface area is 241 Å². The molecule has 0 radical (unpaired) electrons. The molecule has 1 heterocycles. The van der Waals surface area contributed by atoms with E-state index in [2.05, 4.69) is 10.6 Å². The van der Waals surface area contributed by atoms with Gasteiger partial charge in [-0.25, -0.2) is 23.1 Å². The minimum Gasteiger partial charge on any atom is -0.508 e. The van der Waals surface area contributed by atoms with Crippen molar-refractivity contribution in [1.29, 1.82) is 0 Å². The SMILES string of the molecule is NS(=O)(=O)c1ccc(NC(=O)Nc2ccc(C3c4ccc(O)cc4Oc4cc(O)ccc43)c(C(=O)O)c2)c(I)c1. The third-order valence-corrected chi connectivity index (χ3v) is 8.01. The molecule has 0 unspecified atom stereocenters. The summed E-state index contributed by atoms with van der Waals surface area (Å²) in [4.78, 5) is 25.0. The highest BCUT2D eigenvalue weighted by molar-refractivity contribution is 14.1. The maximum absolute atomic E-state index is 12.7. The number of amides is 2. The van der Waals surface area contributed by atoms with Gasteiger partial charge in [0, 0.05) is 38.4 Å². The number of fused-ring (bicyclic) bond motifs is 2. The number of hydrogen-bond donors (Lipinski definition) is 6. The van der Waals surface area contributed by atoms with Crippen molar-refractivity contribution in [3.05, 3.63) is 98.6 Å². The quantitative estimate of drug-likeness (QED) is 0.141. The van der Waals surface area contributed by atoms with Gasteiger partial charge < -0.3 is 30.7 Å². The molecule has 0 spiro atoms. The Kier molecular flexibility index (Phi) is 7.03. The van der Waals surface area contributed by atoms with Crippen LogP contribution < -0.4 is 20.5 Å². The molecule has 0 saturated heterocycles. The molecule has 204 valence electrons. The molecule has 0 aliphatic carbocycles. The Balaban J connectivity index is 1.48. The number of anilines is 2. The molecule has 0 aromatic heterocycles. The van der Waals surface area contributed by atoms with Crippen LogP contribution >= 0.6 is 22.6 Å². The van der Waals surface area contributed by atoms with E-state index in [-0.39, 0.29) is 27.6 Å². The molecule has 4 aromatic carbocycles. The molecular formula is C27H20IN3O8S.